The molecule has 3 rings (SSSR count). The summed E-state index contributed by atoms with van der Waals surface area (Å²) in [6.07, 6.45) is -4.29. The molecule has 0 spiro atoms. The first-order valence-corrected chi connectivity index (χ1v) is 7.97. The van der Waals surface area contributed by atoms with Crippen molar-refractivity contribution in [2.75, 3.05) is 11.9 Å². The molecule has 1 heterocycles. The lowest BCUT2D eigenvalue weighted by atomic mass is 9.97. The van der Waals surface area contributed by atoms with Crippen molar-refractivity contribution in [2.45, 2.75) is 18.6 Å². The van der Waals surface area contributed by atoms with Crippen LogP contribution in [0.15, 0.2) is 42.5 Å². The Morgan fingerprint density at radius 2 is 1.96 bits per heavy atom. The molecule has 1 aliphatic heterocycles. The van der Waals surface area contributed by atoms with Gasteiger partial charge in [0.15, 0.2) is 5.75 Å². The normalized spacial score (nSPS) is 16.7. The minimum absolute atomic E-state index is 0.00328. The first-order chi connectivity index (χ1) is 12.7. The first kappa shape index (κ1) is 18.6. The molecule has 0 aromatic heterocycles. The van der Waals surface area contributed by atoms with E-state index in [1.54, 1.807) is 18.2 Å². The number of anilines is 1. The van der Waals surface area contributed by atoms with Crippen LogP contribution in [0, 0.1) is 0 Å². The van der Waals surface area contributed by atoms with E-state index in [1.807, 2.05) is 0 Å². The number of primary amides is 1. The minimum atomic E-state index is -4.49. The number of likely N-dealkylation sites (N-methyl/N-ethyl adjacent to an activating group) is 1. The van der Waals surface area contributed by atoms with E-state index in [-0.39, 0.29) is 17.9 Å². The average Bonchev–Trinajstić information content (AvgIpc) is 2.58. The van der Waals surface area contributed by atoms with E-state index in [0.717, 1.165) is 12.1 Å². The van der Waals surface area contributed by atoms with Gasteiger partial charge in [-0.3, -0.25) is 4.79 Å². The van der Waals surface area contributed by atoms with Crippen LogP contribution in [-0.4, -0.2) is 25.0 Å². The molecule has 1 atom stereocenters. The fraction of sp³-hybridized carbons (Fsp3) is 0.222. The van der Waals surface area contributed by atoms with Gasteiger partial charge in [0.25, 0.3) is 0 Å². The van der Waals surface area contributed by atoms with Gasteiger partial charge >= 0.3 is 12.2 Å². The Balaban J connectivity index is 1.94. The molecule has 6 nitrogen and oxygen atoms in total. The minimum Gasteiger partial charge on any atom is -0.455 e. The van der Waals surface area contributed by atoms with Gasteiger partial charge in [-0.25, -0.2) is 4.79 Å². The molecule has 0 fully saturated rings. The third-order valence-corrected chi connectivity index (χ3v) is 4.18. The summed E-state index contributed by atoms with van der Waals surface area (Å²) < 4.78 is 44.3. The number of carbonyl (C=O) groups excluding carboxylic acids is 2. The number of urea groups is 1. The Labute approximate surface area is 152 Å². The monoisotopic (exact) mass is 379 g/mol. The summed E-state index contributed by atoms with van der Waals surface area (Å²) >= 11 is 0. The van der Waals surface area contributed by atoms with Gasteiger partial charge in [-0.2, -0.15) is 13.2 Å². The number of carbonyl (C=O) groups is 2. The zero-order chi connectivity index (χ0) is 19.8. The van der Waals surface area contributed by atoms with Gasteiger partial charge in [-0.05, 0) is 29.8 Å². The maximum absolute atomic E-state index is 12.9. The van der Waals surface area contributed by atoms with Crippen molar-refractivity contribution in [1.82, 2.24) is 5.32 Å². The van der Waals surface area contributed by atoms with Gasteiger partial charge in [-0.1, -0.05) is 18.2 Å². The van der Waals surface area contributed by atoms with Crippen molar-refractivity contribution in [2.24, 2.45) is 5.73 Å². The number of para-hydroxylation sites is 1. The Morgan fingerprint density at radius 3 is 2.63 bits per heavy atom. The zero-order valence-corrected chi connectivity index (χ0v) is 14.2. The van der Waals surface area contributed by atoms with Crippen LogP contribution >= 0.6 is 0 Å². The number of nitrogens with zero attached hydrogens (tertiary/aromatic N) is 1. The fourth-order valence-corrected chi connectivity index (χ4v) is 2.99. The maximum Gasteiger partial charge on any atom is 0.416 e. The molecule has 3 amide bonds. The third kappa shape index (κ3) is 3.81. The van der Waals surface area contributed by atoms with Gasteiger partial charge in [0.2, 0.25) is 5.91 Å². The molecule has 0 radical (unpaired) electrons. The SMILES string of the molecule is CN1C(=O)C(NC(N)=O)Cc2cccc(Oc3cccc(C(F)(F)F)c3)c21. The summed E-state index contributed by atoms with van der Waals surface area (Å²) in [5, 5.41) is 2.38. The number of hydrogen-bond donors (Lipinski definition) is 2. The van der Waals surface area contributed by atoms with Gasteiger partial charge in [0, 0.05) is 13.5 Å². The summed E-state index contributed by atoms with van der Waals surface area (Å²) in [6.45, 7) is 0. The lowest BCUT2D eigenvalue weighted by Crippen LogP contribution is -2.53. The van der Waals surface area contributed by atoms with E-state index in [1.165, 1.54) is 24.1 Å². The third-order valence-electron chi connectivity index (χ3n) is 4.18. The molecule has 0 saturated carbocycles. The molecule has 0 saturated heterocycles. The van der Waals surface area contributed by atoms with Crippen LogP contribution in [0.1, 0.15) is 11.1 Å². The van der Waals surface area contributed by atoms with E-state index in [9.17, 15) is 22.8 Å². The quantitative estimate of drug-likeness (QED) is 0.860. The van der Waals surface area contributed by atoms with Crippen LogP contribution in [0.3, 0.4) is 0 Å². The molecular formula is C18H16F3N3O3. The van der Waals surface area contributed by atoms with Crippen LogP contribution < -0.4 is 20.7 Å². The molecule has 142 valence electrons. The fourth-order valence-electron chi connectivity index (χ4n) is 2.99. The van der Waals surface area contributed by atoms with Crippen LogP contribution in [-0.2, 0) is 17.4 Å². The lowest BCUT2D eigenvalue weighted by molar-refractivity contribution is -0.137. The molecule has 0 aliphatic carbocycles. The Kier molecular flexibility index (Phi) is 4.69. The van der Waals surface area contributed by atoms with Crippen molar-refractivity contribution in [3.8, 4) is 11.5 Å². The lowest BCUT2D eigenvalue weighted by Gasteiger charge is -2.32. The number of fused-ring (bicyclic) bond motifs is 1. The highest BCUT2D eigenvalue weighted by Crippen LogP contribution is 2.39. The first-order valence-electron chi connectivity index (χ1n) is 7.97. The molecule has 0 bridgehead atoms. The number of nitrogens with one attached hydrogen (secondary N) is 1. The second-order valence-corrected chi connectivity index (χ2v) is 6.05. The summed E-state index contributed by atoms with van der Waals surface area (Å²) in [7, 11) is 1.50. The second-order valence-electron chi connectivity index (χ2n) is 6.05. The number of benzene rings is 2. The molecule has 1 aliphatic rings. The number of ether oxygens (including phenoxy) is 1. The van der Waals surface area contributed by atoms with Crippen LogP contribution in [0.5, 0.6) is 11.5 Å². The summed E-state index contributed by atoms with van der Waals surface area (Å²) in [5.41, 5.74) is 5.39. The number of alkyl halides is 3. The second kappa shape index (κ2) is 6.82. The number of rotatable bonds is 3. The van der Waals surface area contributed by atoms with Gasteiger partial charge in [-0.15, -0.1) is 0 Å². The van der Waals surface area contributed by atoms with Crippen LogP contribution in [0.2, 0.25) is 0 Å². The van der Waals surface area contributed by atoms with Crippen molar-refractivity contribution < 1.29 is 27.5 Å². The Hall–Kier alpha value is -3.23. The zero-order valence-electron chi connectivity index (χ0n) is 14.2. The van der Waals surface area contributed by atoms with E-state index < -0.39 is 29.7 Å². The largest absolute Gasteiger partial charge is 0.455 e. The van der Waals surface area contributed by atoms with Crippen LogP contribution in [0.4, 0.5) is 23.7 Å². The standard InChI is InChI=1S/C18H16F3N3O3/c1-24-15-10(8-13(16(24)25)23-17(22)26)4-2-7-14(15)27-12-6-3-5-11(9-12)18(19,20)21/h2-7,9,13H,8H2,1H3,(H3,22,23,26). The summed E-state index contributed by atoms with van der Waals surface area (Å²) in [4.78, 5) is 24.8. The highest BCUT2D eigenvalue weighted by molar-refractivity contribution is 6.02. The predicted octanol–water partition coefficient (Wildman–Crippen LogP) is 3.05. The molecule has 27 heavy (non-hydrogen) atoms. The Morgan fingerprint density at radius 1 is 1.26 bits per heavy atom. The van der Waals surface area contributed by atoms with E-state index >= 15 is 0 Å². The molecule has 9 heteroatoms. The van der Waals surface area contributed by atoms with Gasteiger partial charge in [0.1, 0.15) is 11.8 Å². The molecule has 1 unspecified atom stereocenters. The average molecular weight is 379 g/mol. The van der Waals surface area contributed by atoms with Crippen molar-refractivity contribution in [3.63, 3.8) is 0 Å². The number of hydrogen-bond acceptors (Lipinski definition) is 3. The molecule has 3 N–H and O–H groups in total. The number of nitrogens with two attached hydrogens (primary N) is 1. The van der Waals surface area contributed by atoms with E-state index in [0.29, 0.717) is 11.3 Å². The maximum atomic E-state index is 12.9. The molecule has 2 aromatic carbocycles. The van der Waals surface area contributed by atoms with Crippen molar-refractivity contribution >= 4 is 17.6 Å². The molecular weight excluding hydrogens is 363 g/mol. The van der Waals surface area contributed by atoms with Gasteiger partial charge in [0.05, 0.1) is 11.3 Å². The van der Waals surface area contributed by atoms with Crippen molar-refractivity contribution in [3.05, 3.63) is 53.6 Å². The van der Waals surface area contributed by atoms with Crippen LogP contribution in [0.25, 0.3) is 0 Å². The summed E-state index contributed by atoms with van der Waals surface area (Å²) in [6, 6.07) is 7.81. The number of amides is 3. The van der Waals surface area contributed by atoms with Crippen molar-refractivity contribution in [1.29, 1.82) is 0 Å². The number of halogens is 3. The highest BCUT2D eigenvalue weighted by atomic mass is 19.4. The smallest absolute Gasteiger partial charge is 0.416 e. The topological polar surface area (TPSA) is 84.7 Å². The predicted molar refractivity (Wildman–Crippen MR) is 91.6 cm³/mol. The van der Waals surface area contributed by atoms with E-state index in [2.05, 4.69) is 5.32 Å². The van der Waals surface area contributed by atoms with Gasteiger partial charge < -0.3 is 20.7 Å². The van der Waals surface area contributed by atoms with E-state index in [4.69, 9.17) is 10.5 Å². The highest BCUT2D eigenvalue weighted by Gasteiger charge is 2.34. The Bertz CT molecular complexity index is 899. The molecule has 2 aromatic rings. The summed E-state index contributed by atoms with van der Waals surface area (Å²) in [5.74, 6) is -0.168.